The second-order valence-corrected chi connectivity index (χ2v) is 2.81. The van der Waals surface area contributed by atoms with Gasteiger partial charge in [-0.05, 0) is 13.1 Å². The molecule has 0 aliphatic carbocycles. The smallest absolute Gasteiger partial charge is 0.312 e. The molecule has 0 saturated heterocycles. The van der Waals surface area contributed by atoms with Crippen molar-refractivity contribution in [3.63, 3.8) is 0 Å². The van der Waals surface area contributed by atoms with Gasteiger partial charge in [-0.2, -0.15) is 0 Å². The lowest BCUT2D eigenvalue weighted by molar-refractivity contribution is 0.297. The minimum absolute atomic E-state index is 0.148. The number of nitrogens with two attached hydrogens (primary N) is 1. The van der Waals surface area contributed by atoms with Crippen molar-refractivity contribution in [1.29, 1.82) is 0 Å². The van der Waals surface area contributed by atoms with E-state index >= 15 is 0 Å². The van der Waals surface area contributed by atoms with E-state index in [1.807, 2.05) is 0 Å². The van der Waals surface area contributed by atoms with Crippen LogP contribution in [0.25, 0.3) is 0 Å². The van der Waals surface area contributed by atoms with Gasteiger partial charge >= 0.3 is 6.01 Å². The summed E-state index contributed by atoms with van der Waals surface area (Å²) in [4.78, 5) is 2.29. The van der Waals surface area contributed by atoms with Crippen molar-refractivity contribution in [2.75, 3.05) is 25.4 Å². The minimum atomic E-state index is 0.148. The molecule has 2 N–H and O–H groups in total. The summed E-state index contributed by atoms with van der Waals surface area (Å²) in [6.45, 7) is 7.28. The second-order valence-electron chi connectivity index (χ2n) is 2.81. The molecular weight excluding hydrogens is 168 g/mol. The van der Waals surface area contributed by atoms with Crippen LogP contribution in [0.3, 0.4) is 0 Å². The molecule has 0 saturated carbocycles. The highest BCUT2D eigenvalue weighted by Crippen LogP contribution is 2.02. The summed E-state index contributed by atoms with van der Waals surface area (Å²) in [7, 11) is 0. The largest absolute Gasteiger partial charge is 0.408 e. The van der Waals surface area contributed by atoms with Crippen LogP contribution in [0.15, 0.2) is 4.42 Å². The van der Waals surface area contributed by atoms with Crippen molar-refractivity contribution in [3.05, 3.63) is 5.89 Å². The molecular formula is C8H16N4O. The molecule has 13 heavy (non-hydrogen) atoms. The molecule has 0 radical (unpaired) electrons. The van der Waals surface area contributed by atoms with E-state index in [4.69, 9.17) is 10.2 Å². The van der Waals surface area contributed by atoms with Crippen LogP contribution in [0, 0.1) is 0 Å². The lowest BCUT2D eigenvalue weighted by Gasteiger charge is -2.15. The first kappa shape index (κ1) is 9.98. The van der Waals surface area contributed by atoms with Crippen LogP contribution in [-0.2, 0) is 6.42 Å². The Balaban J connectivity index is 2.33. The van der Waals surface area contributed by atoms with E-state index in [0.29, 0.717) is 5.89 Å². The Morgan fingerprint density at radius 1 is 1.31 bits per heavy atom. The van der Waals surface area contributed by atoms with Crippen LogP contribution < -0.4 is 5.73 Å². The number of nitrogens with zero attached hydrogens (tertiary/aromatic N) is 3. The first-order valence-corrected chi connectivity index (χ1v) is 4.56. The predicted molar refractivity (Wildman–Crippen MR) is 50.2 cm³/mol. The Kier molecular flexibility index (Phi) is 3.70. The first-order chi connectivity index (χ1) is 6.26. The zero-order valence-electron chi connectivity index (χ0n) is 8.16. The van der Waals surface area contributed by atoms with Crippen molar-refractivity contribution >= 4 is 6.01 Å². The highest BCUT2D eigenvalue weighted by atomic mass is 16.4. The van der Waals surface area contributed by atoms with Crippen LogP contribution in [0.4, 0.5) is 6.01 Å². The number of hydrogen-bond acceptors (Lipinski definition) is 5. The van der Waals surface area contributed by atoms with Crippen LogP contribution in [0.1, 0.15) is 19.7 Å². The second kappa shape index (κ2) is 4.81. The van der Waals surface area contributed by atoms with E-state index in [2.05, 4.69) is 28.9 Å². The van der Waals surface area contributed by atoms with E-state index < -0.39 is 0 Å². The Morgan fingerprint density at radius 2 is 2.00 bits per heavy atom. The average molecular weight is 184 g/mol. The van der Waals surface area contributed by atoms with E-state index in [0.717, 1.165) is 26.1 Å². The number of anilines is 1. The molecule has 1 heterocycles. The van der Waals surface area contributed by atoms with Gasteiger partial charge in [0.2, 0.25) is 5.89 Å². The van der Waals surface area contributed by atoms with Gasteiger partial charge in [-0.25, -0.2) is 0 Å². The molecule has 0 atom stereocenters. The van der Waals surface area contributed by atoms with Gasteiger partial charge in [0.15, 0.2) is 0 Å². The summed E-state index contributed by atoms with van der Waals surface area (Å²) in [6.07, 6.45) is 0.770. The maximum absolute atomic E-state index is 5.30. The van der Waals surface area contributed by atoms with Gasteiger partial charge < -0.3 is 15.1 Å². The molecule has 0 aliphatic heterocycles. The van der Waals surface area contributed by atoms with Crippen LogP contribution >= 0.6 is 0 Å². The number of aromatic nitrogens is 2. The third-order valence-electron chi connectivity index (χ3n) is 2.02. The van der Waals surface area contributed by atoms with E-state index in [9.17, 15) is 0 Å². The Morgan fingerprint density at radius 3 is 2.46 bits per heavy atom. The van der Waals surface area contributed by atoms with Gasteiger partial charge in [0.05, 0.1) is 0 Å². The van der Waals surface area contributed by atoms with E-state index in [1.54, 1.807) is 0 Å². The van der Waals surface area contributed by atoms with Gasteiger partial charge in [-0.15, -0.1) is 5.10 Å². The highest BCUT2D eigenvalue weighted by Gasteiger charge is 2.04. The van der Waals surface area contributed by atoms with Crippen LogP contribution in [0.5, 0.6) is 0 Å². The summed E-state index contributed by atoms with van der Waals surface area (Å²) in [5, 5.41) is 7.38. The van der Waals surface area contributed by atoms with Crippen molar-refractivity contribution in [2.24, 2.45) is 0 Å². The molecule has 0 fully saturated rings. The summed E-state index contributed by atoms with van der Waals surface area (Å²) in [5.41, 5.74) is 5.30. The van der Waals surface area contributed by atoms with E-state index in [-0.39, 0.29) is 6.01 Å². The third kappa shape index (κ3) is 3.02. The predicted octanol–water partition coefficient (Wildman–Crippen LogP) is 0.536. The Bertz CT molecular complexity index is 244. The van der Waals surface area contributed by atoms with Crippen LogP contribution in [0.2, 0.25) is 0 Å². The number of rotatable bonds is 5. The number of likely N-dealkylation sites (N-methyl/N-ethyl adjacent to an activating group) is 1. The fourth-order valence-corrected chi connectivity index (χ4v) is 1.16. The monoisotopic (exact) mass is 184 g/mol. The molecule has 0 aromatic carbocycles. The summed E-state index contributed by atoms with van der Waals surface area (Å²) >= 11 is 0. The Labute approximate surface area is 77.9 Å². The fraction of sp³-hybridized carbons (Fsp3) is 0.750. The molecule has 0 aliphatic rings. The zero-order valence-corrected chi connectivity index (χ0v) is 8.16. The normalized spacial score (nSPS) is 11.0. The van der Waals surface area contributed by atoms with Crippen molar-refractivity contribution < 1.29 is 4.42 Å². The van der Waals surface area contributed by atoms with Gasteiger partial charge in [-0.1, -0.05) is 18.9 Å². The van der Waals surface area contributed by atoms with Gasteiger partial charge in [0.1, 0.15) is 0 Å². The standard InChI is InChI=1S/C8H16N4O/c1-3-12(4-2)6-5-7-10-11-8(9)13-7/h3-6H2,1-2H3,(H2,9,11). The van der Waals surface area contributed by atoms with Gasteiger partial charge in [0.25, 0.3) is 0 Å². The maximum atomic E-state index is 5.30. The molecule has 0 bridgehead atoms. The first-order valence-electron chi connectivity index (χ1n) is 4.56. The molecule has 0 spiro atoms. The van der Waals surface area contributed by atoms with Crippen LogP contribution in [-0.4, -0.2) is 34.7 Å². The molecule has 1 rings (SSSR count). The minimum Gasteiger partial charge on any atom is -0.408 e. The lowest BCUT2D eigenvalue weighted by Crippen LogP contribution is -2.25. The zero-order chi connectivity index (χ0) is 9.68. The molecule has 1 aromatic heterocycles. The van der Waals surface area contributed by atoms with E-state index in [1.165, 1.54) is 0 Å². The molecule has 0 amide bonds. The molecule has 0 unspecified atom stereocenters. The van der Waals surface area contributed by atoms with Gasteiger partial charge in [-0.3, -0.25) is 0 Å². The topological polar surface area (TPSA) is 68.2 Å². The number of hydrogen-bond donors (Lipinski definition) is 1. The van der Waals surface area contributed by atoms with Crippen molar-refractivity contribution in [3.8, 4) is 0 Å². The third-order valence-corrected chi connectivity index (χ3v) is 2.02. The molecule has 1 aromatic rings. The average Bonchev–Trinajstić information content (AvgIpc) is 2.53. The molecule has 5 nitrogen and oxygen atoms in total. The maximum Gasteiger partial charge on any atom is 0.312 e. The fourth-order valence-electron chi connectivity index (χ4n) is 1.16. The SMILES string of the molecule is CCN(CC)CCc1nnc(N)o1. The van der Waals surface area contributed by atoms with Crippen molar-refractivity contribution in [1.82, 2.24) is 15.1 Å². The van der Waals surface area contributed by atoms with Gasteiger partial charge in [0, 0.05) is 13.0 Å². The summed E-state index contributed by atoms with van der Waals surface area (Å²) < 4.78 is 5.05. The lowest BCUT2D eigenvalue weighted by atomic mass is 10.4. The highest BCUT2D eigenvalue weighted by molar-refractivity contribution is 5.04. The Hall–Kier alpha value is -1.10. The van der Waals surface area contributed by atoms with Crippen molar-refractivity contribution in [2.45, 2.75) is 20.3 Å². The quantitative estimate of drug-likeness (QED) is 0.723. The number of nitrogen functional groups attached to an aromatic ring is 1. The molecule has 74 valence electrons. The molecule has 5 heteroatoms. The summed E-state index contributed by atoms with van der Waals surface area (Å²) in [5.74, 6) is 0.615. The summed E-state index contributed by atoms with van der Waals surface area (Å²) in [6, 6.07) is 0.148.